The van der Waals surface area contributed by atoms with Gasteiger partial charge in [-0.05, 0) is 31.7 Å². The summed E-state index contributed by atoms with van der Waals surface area (Å²) in [5, 5.41) is 9.89. The van der Waals surface area contributed by atoms with Gasteiger partial charge in [0.15, 0.2) is 0 Å². The molecule has 0 bridgehead atoms. The van der Waals surface area contributed by atoms with E-state index >= 15 is 0 Å². The predicted molar refractivity (Wildman–Crippen MR) is 103 cm³/mol. The first-order valence-electron chi connectivity index (χ1n) is 10.4. The van der Waals surface area contributed by atoms with Gasteiger partial charge in [-0.2, -0.15) is 0 Å². The zero-order valence-corrected chi connectivity index (χ0v) is 17.4. The molecule has 1 saturated heterocycles. The molecule has 28 heavy (non-hydrogen) atoms. The molecular formula is C21H33F2NO4. The summed E-state index contributed by atoms with van der Waals surface area (Å²) in [5.74, 6) is -3.33. The first-order valence-corrected chi connectivity index (χ1v) is 10.4. The highest BCUT2D eigenvalue weighted by Gasteiger charge is 2.40. The van der Waals surface area contributed by atoms with Gasteiger partial charge in [-0.3, -0.25) is 0 Å². The fourth-order valence-corrected chi connectivity index (χ4v) is 4.13. The van der Waals surface area contributed by atoms with E-state index in [4.69, 9.17) is 9.47 Å². The number of halogens is 2. The van der Waals surface area contributed by atoms with Crippen LogP contribution in [0.3, 0.4) is 0 Å². The molecule has 1 aliphatic heterocycles. The molecular weight excluding hydrogens is 368 g/mol. The normalized spacial score (nSPS) is 23.4. The van der Waals surface area contributed by atoms with Crippen molar-refractivity contribution in [1.82, 2.24) is 4.57 Å². The number of fused-ring (bicyclic) bond motifs is 1. The van der Waals surface area contributed by atoms with Crippen LogP contribution >= 0.6 is 0 Å². The van der Waals surface area contributed by atoms with Crippen molar-refractivity contribution >= 4 is 5.97 Å². The number of carbonyl (C=O) groups excluding carboxylic acids is 1. The average molecular weight is 401 g/mol. The van der Waals surface area contributed by atoms with Crippen molar-refractivity contribution in [3.05, 3.63) is 22.5 Å². The van der Waals surface area contributed by atoms with Crippen LogP contribution in [0.5, 0.6) is 0 Å². The summed E-state index contributed by atoms with van der Waals surface area (Å²) in [6.07, 6.45) is 0.666. The Labute approximate surface area is 166 Å². The number of carbonyl (C=O) groups is 1. The molecule has 5 nitrogen and oxygen atoms in total. The lowest BCUT2D eigenvalue weighted by Gasteiger charge is -2.29. The fraction of sp³-hybridized carbons (Fsp3) is 0.762. The van der Waals surface area contributed by atoms with Crippen LogP contribution in [-0.2, 0) is 35.3 Å². The average Bonchev–Trinajstić information content (AvgIpc) is 2.95. The van der Waals surface area contributed by atoms with E-state index in [-0.39, 0.29) is 25.6 Å². The van der Waals surface area contributed by atoms with Crippen LogP contribution in [0, 0.1) is 0 Å². The third-order valence-electron chi connectivity index (χ3n) is 5.29. The highest BCUT2D eigenvalue weighted by Crippen LogP contribution is 2.38. The number of hydrogen-bond acceptors (Lipinski definition) is 4. The number of hydrogen-bond donors (Lipinski definition) is 1. The lowest BCUT2D eigenvalue weighted by Crippen LogP contribution is -2.33. The summed E-state index contributed by atoms with van der Waals surface area (Å²) in [5.41, 5.74) is 2.25. The molecule has 1 aliphatic carbocycles. The monoisotopic (exact) mass is 401 g/mol. The number of nitrogens with zero attached hydrogens (tertiary/aromatic N) is 1. The zero-order valence-electron chi connectivity index (χ0n) is 17.4. The SMILES string of the molecule is CC.CCOC(=O)c1c2c(n(CC3CC(O)CCO3)c1CC)CCC(F)(F)C2. The Bertz CT molecular complexity index is 672. The highest BCUT2D eigenvalue weighted by atomic mass is 19.3. The Morgan fingerprint density at radius 1 is 1.36 bits per heavy atom. The minimum absolute atomic E-state index is 0.182. The number of aliphatic hydroxyl groups excluding tert-OH is 1. The molecule has 7 heteroatoms. The van der Waals surface area contributed by atoms with Gasteiger partial charge in [-0.1, -0.05) is 20.8 Å². The van der Waals surface area contributed by atoms with Crippen LogP contribution < -0.4 is 0 Å². The minimum atomic E-state index is -2.80. The van der Waals surface area contributed by atoms with E-state index in [1.165, 1.54) is 0 Å². The maximum absolute atomic E-state index is 14.0. The van der Waals surface area contributed by atoms with E-state index < -0.39 is 24.4 Å². The smallest absolute Gasteiger partial charge is 0.340 e. The Morgan fingerprint density at radius 2 is 2.07 bits per heavy atom. The molecule has 2 heterocycles. The summed E-state index contributed by atoms with van der Waals surface area (Å²) in [4.78, 5) is 12.5. The van der Waals surface area contributed by atoms with Crippen molar-refractivity contribution < 1.29 is 28.2 Å². The van der Waals surface area contributed by atoms with E-state index in [1.54, 1.807) is 6.92 Å². The number of alkyl halides is 2. The Hall–Kier alpha value is -1.47. The molecule has 2 atom stereocenters. The maximum Gasteiger partial charge on any atom is 0.340 e. The molecule has 1 aromatic rings. The highest BCUT2D eigenvalue weighted by molar-refractivity contribution is 5.93. The molecule has 1 fully saturated rings. The van der Waals surface area contributed by atoms with Gasteiger partial charge >= 0.3 is 5.97 Å². The van der Waals surface area contributed by atoms with E-state index in [2.05, 4.69) is 0 Å². The maximum atomic E-state index is 14.0. The third kappa shape index (κ3) is 4.92. The molecule has 0 amide bonds. The quantitative estimate of drug-likeness (QED) is 0.760. The molecule has 2 aliphatic rings. The van der Waals surface area contributed by atoms with Crippen molar-refractivity contribution in [2.75, 3.05) is 13.2 Å². The number of ether oxygens (including phenoxy) is 2. The van der Waals surface area contributed by atoms with Crippen LogP contribution in [0.25, 0.3) is 0 Å². The Kier molecular flexibility index (Phi) is 8.01. The summed E-state index contributed by atoms with van der Waals surface area (Å²) in [6, 6.07) is 0. The van der Waals surface area contributed by atoms with Gasteiger partial charge in [0, 0.05) is 43.8 Å². The van der Waals surface area contributed by atoms with Gasteiger partial charge in [0.1, 0.15) is 0 Å². The summed E-state index contributed by atoms with van der Waals surface area (Å²) in [7, 11) is 0. The van der Waals surface area contributed by atoms with Crippen molar-refractivity contribution in [2.45, 2.75) is 90.9 Å². The molecule has 0 aromatic carbocycles. The topological polar surface area (TPSA) is 60.7 Å². The van der Waals surface area contributed by atoms with Crippen LogP contribution in [0.1, 0.15) is 74.3 Å². The summed E-state index contributed by atoms with van der Waals surface area (Å²) in [6.45, 7) is 8.77. The van der Waals surface area contributed by atoms with Crippen LogP contribution in [0.4, 0.5) is 8.78 Å². The summed E-state index contributed by atoms with van der Waals surface area (Å²) >= 11 is 0. The predicted octanol–water partition coefficient (Wildman–Crippen LogP) is 3.92. The standard InChI is InChI=1S/C19H27F2NO4.C2H6/c1-3-15-17(18(24)25-4-2)14-10-19(20,21)7-5-16(14)22(15)11-13-9-12(23)6-8-26-13;1-2/h12-13,23H,3-11H2,1-2H3;1-2H3. The fourth-order valence-electron chi connectivity index (χ4n) is 4.13. The van der Waals surface area contributed by atoms with E-state index in [1.807, 2.05) is 25.3 Å². The number of aromatic nitrogens is 1. The Balaban J connectivity index is 0.00000136. The van der Waals surface area contributed by atoms with Crippen molar-refractivity contribution in [1.29, 1.82) is 0 Å². The van der Waals surface area contributed by atoms with E-state index in [9.17, 15) is 18.7 Å². The zero-order chi connectivity index (χ0) is 20.9. The van der Waals surface area contributed by atoms with Gasteiger partial charge in [-0.15, -0.1) is 0 Å². The molecule has 2 unspecified atom stereocenters. The van der Waals surface area contributed by atoms with E-state index in [0.717, 1.165) is 11.4 Å². The summed E-state index contributed by atoms with van der Waals surface area (Å²) < 4.78 is 41.0. The van der Waals surface area contributed by atoms with Gasteiger partial charge in [0.05, 0.1) is 24.4 Å². The molecule has 0 radical (unpaired) electrons. The third-order valence-corrected chi connectivity index (χ3v) is 5.29. The van der Waals surface area contributed by atoms with Gasteiger partial charge in [0.2, 0.25) is 0 Å². The molecule has 0 saturated carbocycles. The van der Waals surface area contributed by atoms with Crippen LogP contribution in [0.15, 0.2) is 0 Å². The number of esters is 1. The largest absolute Gasteiger partial charge is 0.462 e. The second-order valence-electron chi connectivity index (χ2n) is 7.14. The molecule has 0 spiro atoms. The van der Waals surface area contributed by atoms with E-state index in [0.29, 0.717) is 43.5 Å². The van der Waals surface area contributed by atoms with Crippen LogP contribution in [-0.4, -0.2) is 47.0 Å². The molecule has 160 valence electrons. The molecule has 3 rings (SSSR count). The van der Waals surface area contributed by atoms with Crippen molar-refractivity contribution in [2.24, 2.45) is 0 Å². The van der Waals surface area contributed by atoms with Crippen molar-refractivity contribution in [3.63, 3.8) is 0 Å². The number of rotatable bonds is 5. The number of aliphatic hydroxyl groups is 1. The Morgan fingerprint density at radius 3 is 2.68 bits per heavy atom. The van der Waals surface area contributed by atoms with Crippen LogP contribution in [0.2, 0.25) is 0 Å². The lowest BCUT2D eigenvalue weighted by molar-refractivity contribution is -0.0506. The second-order valence-corrected chi connectivity index (χ2v) is 7.14. The van der Waals surface area contributed by atoms with Gasteiger partial charge in [0.25, 0.3) is 5.92 Å². The minimum Gasteiger partial charge on any atom is -0.462 e. The molecule has 1 N–H and O–H groups in total. The first kappa shape index (κ1) is 22.8. The first-order chi connectivity index (χ1) is 13.4. The van der Waals surface area contributed by atoms with Gasteiger partial charge < -0.3 is 19.1 Å². The second kappa shape index (κ2) is 9.83. The van der Waals surface area contributed by atoms with Crippen molar-refractivity contribution in [3.8, 4) is 0 Å². The lowest BCUT2D eigenvalue weighted by atomic mass is 9.91. The molecule has 1 aromatic heterocycles. The van der Waals surface area contributed by atoms with Gasteiger partial charge in [-0.25, -0.2) is 13.6 Å².